The van der Waals surface area contributed by atoms with Crippen LogP contribution >= 0.6 is 11.3 Å². The molecule has 1 aromatic carbocycles. The number of carbonyl (C=O) groups is 2. The highest BCUT2D eigenvalue weighted by Crippen LogP contribution is 2.34. The van der Waals surface area contributed by atoms with Gasteiger partial charge in [0.15, 0.2) is 0 Å². The van der Waals surface area contributed by atoms with Crippen LogP contribution < -0.4 is 10.6 Å². The van der Waals surface area contributed by atoms with Gasteiger partial charge in [-0.3, -0.25) is 9.59 Å². The molecule has 0 radical (unpaired) electrons. The van der Waals surface area contributed by atoms with Gasteiger partial charge in [-0.1, -0.05) is 30.3 Å². The zero-order chi connectivity index (χ0) is 17.0. The van der Waals surface area contributed by atoms with Crippen LogP contribution in [0, 0.1) is 0 Å². The molecule has 0 spiro atoms. The topological polar surface area (TPSA) is 78.4 Å². The van der Waals surface area contributed by atoms with E-state index in [0.29, 0.717) is 11.3 Å². The number of hydrogen-bond acceptors (Lipinski definition) is 4. The van der Waals surface area contributed by atoms with Crippen molar-refractivity contribution in [1.82, 2.24) is 10.6 Å². The van der Waals surface area contributed by atoms with Crippen LogP contribution in [0.15, 0.2) is 41.8 Å². The van der Waals surface area contributed by atoms with E-state index in [2.05, 4.69) is 10.6 Å². The fourth-order valence-corrected chi connectivity index (χ4v) is 3.68. The van der Waals surface area contributed by atoms with Crippen LogP contribution in [0.2, 0.25) is 0 Å². The summed E-state index contributed by atoms with van der Waals surface area (Å²) in [7, 11) is 0. The Hall–Kier alpha value is -2.18. The lowest BCUT2D eigenvalue weighted by molar-refractivity contribution is -0.121. The van der Waals surface area contributed by atoms with Gasteiger partial charge in [-0.2, -0.15) is 0 Å². The number of fused-ring (bicyclic) bond motifs is 1. The first kappa shape index (κ1) is 16.7. The van der Waals surface area contributed by atoms with E-state index in [1.807, 2.05) is 29.6 Å². The number of amides is 2. The largest absolute Gasteiger partial charge is 0.383 e. The lowest BCUT2D eigenvalue weighted by Crippen LogP contribution is -2.45. The molecule has 5 nitrogen and oxygen atoms in total. The third-order valence-corrected chi connectivity index (χ3v) is 5.16. The van der Waals surface area contributed by atoms with Crippen LogP contribution in [-0.4, -0.2) is 30.0 Å². The van der Waals surface area contributed by atoms with Gasteiger partial charge in [0.1, 0.15) is 5.60 Å². The summed E-state index contributed by atoms with van der Waals surface area (Å²) in [5, 5.41) is 18.0. The first-order valence-corrected chi connectivity index (χ1v) is 8.86. The smallest absolute Gasteiger partial charge is 0.261 e. The molecule has 3 rings (SSSR count). The fourth-order valence-electron chi connectivity index (χ4n) is 3.04. The zero-order valence-corrected chi connectivity index (χ0v) is 14.1. The lowest BCUT2D eigenvalue weighted by Gasteiger charge is -2.34. The minimum Gasteiger partial charge on any atom is -0.383 e. The molecule has 1 aliphatic carbocycles. The van der Waals surface area contributed by atoms with Crippen molar-refractivity contribution in [1.29, 1.82) is 0 Å². The van der Waals surface area contributed by atoms with Crippen LogP contribution in [0.3, 0.4) is 0 Å². The van der Waals surface area contributed by atoms with Crippen LogP contribution in [0.25, 0.3) is 0 Å². The van der Waals surface area contributed by atoms with Crippen LogP contribution in [0.4, 0.5) is 0 Å². The first-order valence-electron chi connectivity index (χ1n) is 7.98. The molecular formula is C18H20N2O3S. The number of benzene rings is 1. The third-order valence-electron chi connectivity index (χ3n) is 4.29. The van der Waals surface area contributed by atoms with E-state index < -0.39 is 5.60 Å². The maximum Gasteiger partial charge on any atom is 0.261 e. The fraction of sp³-hybridized carbons (Fsp3) is 0.333. The van der Waals surface area contributed by atoms with Gasteiger partial charge in [0.2, 0.25) is 5.91 Å². The van der Waals surface area contributed by atoms with E-state index in [1.54, 1.807) is 12.1 Å². The van der Waals surface area contributed by atoms with Crippen molar-refractivity contribution in [3.05, 3.63) is 57.8 Å². The molecule has 2 aromatic rings. The molecule has 2 amide bonds. The van der Waals surface area contributed by atoms with E-state index >= 15 is 0 Å². The third kappa shape index (κ3) is 3.66. The van der Waals surface area contributed by atoms with Crippen molar-refractivity contribution in [3.8, 4) is 0 Å². The van der Waals surface area contributed by atoms with Crippen LogP contribution in [-0.2, 0) is 16.8 Å². The normalized spacial score (nSPS) is 19.4. The van der Waals surface area contributed by atoms with Gasteiger partial charge in [0.25, 0.3) is 5.91 Å². The molecule has 1 atom stereocenters. The number of hydrogen-bond donors (Lipinski definition) is 3. The Balaban J connectivity index is 1.54. The van der Waals surface area contributed by atoms with Gasteiger partial charge >= 0.3 is 0 Å². The van der Waals surface area contributed by atoms with E-state index in [1.165, 1.54) is 11.3 Å². The molecule has 0 saturated carbocycles. The highest BCUT2D eigenvalue weighted by Gasteiger charge is 2.34. The predicted octanol–water partition coefficient (Wildman–Crippen LogP) is 1.82. The summed E-state index contributed by atoms with van der Waals surface area (Å²) in [6.45, 7) is 0.0478. The Morgan fingerprint density at radius 3 is 2.79 bits per heavy atom. The number of nitrogens with one attached hydrogen (secondary N) is 2. The van der Waals surface area contributed by atoms with Gasteiger partial charge < -0.3 is 15.7 Å². The standard InChI is InChI=1S/C18H20N2O3S/c21-16(11-19-17(22)15-8-4-10-24-15)20-12-18(23)9-3-6-13-5-1-2-7-14(13)18/h1-2,4-5,7-8,10,23H,3,6,9,11-12H2,(H,19,22)(H,20,21). The minimum absolute atomic E-state index is 0.103. The molecular weight excluding hydrogens is 324 g/mol. The molecule has 1 heterocycles. The second-order valence-corrected chi connectivity index (χ2v) is 6.93. The summed E-state index contributed by atoms with van der Waals surface area (Å²) in [4.78, 5) is 24.4. The van der Waals surface area contributed by atoms with E-state index in [4.69, 9.17) is 0 Å². The van der Waals surface area contributed by atoms with Crippen molar-refractivity contribution >= 4 is 23.2 Å². The summed E-state index contributed by atoms with van der Waals surface area (Å²) >= 11 is 1.33. The average Bonchev–Trinajstić information content (AvgIpc) is 3.13. The molecule has 1 aromatic heterocycles. The summed E-state index contributed by atoms with van der Waals surface area (Å²) in [5.74, 6) is -0.571. The van der Waals surface area contributed by atoms with Gasteiger partial charge in [-0.15, -0.1) is 11.3 Å². The van der Waals surface area contributed by atoms with Crippen molar-refractivity contribution in [2.24, 2.45) is 0 Å². The molecule has 0 bridgehead atoms. The summed E-state index contributed by atoms with van der Waals surface area (Å²) in [6, 6.07) is 11.3. The number of thiophene rings is 1. The van der Waals surface area contributed by atoms with Crippen molar-refractivity contribution in [2.45, 2.75) is 24.9 Å². The Labute approximate surface area is 144 Å². The Morgan fingerprint density at radius 2 is 2.00 bits per heavy atom. The Bertz CT molecular complexity index is 730. The second-order valence-electron chi connectivity index (χ2n) is 5.98. The monoisotopic (exact) mass is 344 g/mol. The first-order chi connectivity index (χ1) is 11.6. The predicted molar refractivity (Wildman–Crippen MR) is 92.9 cm³/mol. The SMILES string of the molecule is O=C(CNC(=O)c1cccs1)NCC1(O)CCCc2ccccc21. The van der Waals surface area contributed by atoms with Gasteiger partial charge in [-0.05, 0) is 41.8 Å². The molecule has 0 fully saturated rings. The molecule has 1 unspecified atom stereocenters. The van der Waals surface area contributed by atoms with Gasteiger partial charge in [0.05, 0.1) is 18.0 Å². The lowest BCUT2D eigenvalue weighted by atomic mass is 9.79. The average molecular weight is 344 g/mol. The van der Waals surface area contributed by atoms with Crippen LogP contribution in [0.1, 0.15) is 33.6 Å². The summed E-state index contributed by atoms with van der Waals surface area (Å²) in [6.07, 6.45) is 2.45. The Kier molecular flexibility index (Phi) is 4.97. The van der Waals surface area contributed by atoms with Gasteiger partial charge in [-0.25, -0.2) is 0 Å². The van der Waals surface area contributed by atoms with E-state index in [9.17, 15) is 14.7 Å². The number of rotatable bonds is 5. The molecule has 0 aliphatic heterocycles. The molecule has 6 heteroatoms. The highest BCUT2D eigenvalue weighted by molar-refractivity contribution is 7.12. The second kappa shape index (κ2) is 7.15. The quantitative estimate of drug-likeness (QED) is 0.774. The Morgan fingerprint density at radius 1 is 1.17 bits per heavy atom. The molecule has 0 saturated heterocycles. The molecule has 1 aliphatic rings. The molecule has 3 N–H and O–H groups in total. The van der Waals surface area contributed by atoms with Crippen LogP contribution in [0.5, 0.6) is 0 Å². The van der Waals surface area contributed by atoms with Crippen molar-refractivity contribution < 1.29 is 14.7 Å². The number of carbonyl (C=O) groups excluding carboxylic acids is 2. The minimum atomic E-state index is -1.04. The molecule has 24 heavy (non-hydrogen) atoms. The number of aryl methyl sites for hydroxylation is 1. The van der Waals surface area contributed by atoms with E-state index in [0.717, 1.165) is 24.0 Å². The maximum atomic E-state index is 12.0. The molecule has 126 valence electrons. The zero-order valence-electron chi connectivity index (χ0n) is 13.2. The van der Waals surface area contributed by atoms with Gasteiger partial charge in [0, 0.05) is 0 Å². The number of aliphatic hydroxyl groups is 1. The maximum absolute atomic E-state index is 12.0. The van der Waals surface area contributed by atoms with Crippen molar-refractivity contribution in [3.63, 3.8) is 0 Å². The summed E-state index contributed by atoms with van der Waals surface area (Å²) in [5.41, 5.74) is 0.980. The highest BCUT2D eigenvalue weighted by atomic mass is 32.1. The van der Waals surface area contributed by atoms with Crippen molar-refractivity contribution in [2.75, 3.05) is 13.1 Å². The van der Waals surface area contributed by atoms with E-state index in [-0.39, 0.29) is 24.9 Å². The summed E-state index contributed by atoms with van der Waals surface area (Å²) < 4.78 is 0.